The minimum Gasteiger partial charge on any atom is -0.347 e. The molecule has 3 rings (SSSR count). The second-order valence-corrected chi connectivity index (χ2v) is 7.95. The molecule has 1 atom stereocenters. The maximum Gasteiger partial charge on any atom is 0.351 e. The summed E-state index contributed by atoms with van der Waals surface area (Å²) in [6.07, 6.45) is 1.41. The number of nitrogens with zero attached hydrogens (tertiary/aromatic N) is 3. The number of nitrogens with one attached hydrogen (secondary N) is 1. The topological polar surface area (TPSA) is 103 Å². The summed E-state index contributed by atoms with van der Waals surface area (Å²) in [6, 6.07) is 6.15. The second kappa shape index (κ2) is 6.49. The van der Waals surface area contributed by atoms with Gasteiger partial charge in [0.15, 0.2) is 9.84 Å². The van der Waals surface area contributed by atoms with E-state index in [-0.39, 0.29) is 12.3 Å². The van der Waals surface area contributed by atoms with E-state index < -0.39 is 27.5 Å². The van der Waals surface area contributed by atoms with Gasteiger partial charge in [0.05, 0.1) is 22.5 Å². The van der Waals surface area contributed by atoms with E-state index in [1.54, 1.807) is 31.2 Å². The molecule has 0 bridgehead atoms. The number of benzene rings is 1. The van der Waals surface area contributed by atoms with Crippen LogP contribution in [0, 0.1) is 6.92 Å². The lowest BCUT2D eigenvalue weighted by molar-refractivity contribution is -0.122. The van der Waals surface area contributed by atoms with Crippen molar-refractivity contribution in [2.45, 2.75) is 19.5 Å². The van der Waals surface area contributed by atoms with Crippen molar-refractivity contribution in [1.29, 1.82) is 0 Å². The summed E-state index contributed by atoms with van der Waals surface area (Å²) < 4.78 is 25.1. The van der Waals surface area contributed by atoms with Crippen LogP contribution < -0.4 is 11.0 Å². The molecule has 2 aromatic rings. The van der Waals surface area contributed by atoms with Crippen LogP contribution in [0.15, 0.2) is 40.5 Å². The molecule has 1 aromatic heterocycles. The third kappa shape index (κ3) is 3.67. The Hall–Kier alpha value is -2.39. The number of carbonyl (C=O) groups is 1. The Balaban J connectivity index is 1.80. The van der Waals surface area contributed by atoms with Gasteiger partial charge in [0, 0.05) is 5.41 Å². The molecule has 0 fully saturated rings. The number of sulfone groups is 1. The molecule has 0 radical (unpaired) electrons. The van der Waals surface area contributed by atoms with Crippen LogP contribution in [0.4, 0.5) is 0 Å². The van der Waals surface area contributed by atoms with Crippen molar-refractivity contribution >= 4 is 27.3 Å². The average molecular weight is 383 g/mol. The Bertz CT molecular complexity index is 1020. The van der Waals surface area contributed by atoms with Crippen LogP contribution in [0.2, 0.25) is 5.02 Å². The van der Waals surface area contributed by atoms with Crippen molar-refractivity contribution in [3.05, 3.63) is 57.1 Å². The van der Waals surface area contributed by atoms with Crippen LogP contribution in [-0.2, 0) is 21.2 Å². The van der Waals surface area contributed by atoms with Crippen LogP contribution in [0.5, 0.6) is 0 Å². The van der Waals surface area contributed by atoms with E-state index in [4.69, 9.17) is 11.6 Å². The van der Waals surface area contributed by atoms with Crippen LogP contribution in [0.3, 0.4) is 0 Å². The van der Waals surface area contributed by atoms with Crippen molar-refractivity contribution in [2.24, 2.45) is 0 Å². The Kier molecular flexibility index (Phi) is 4.53. The molecule has 1 aromatic carbocycles. The first-order valence-electron chi connectivity index (χ1n) is 7.38. The molecule has 10 heteroatoms. The van der Waals surface area contributed by atoms with E-state index in [1.165, 1.54) is 10.6 Å². The quantitative estimate of drug-likeness (QED) is 0.825. The molecule has 1 aliphatic rings. The van der Waals surface area contributed by atoms with Crippen LogP contribution in [0.1, 0.15) is 5.82 Å². The van der Waals surface area contributed by atoms with Crippen molar-refractivity contribution in [1.82, 2.24) is 19.7 Å². The fraction of sp³-hybridized carbons (Fsp3) is 0.267. The molecule has 0 spiro atoms. The first-order valence-corrected chi connectivity index (χ1v) is 9.48. The van der Waals surface area contributed by atoms with Crippen LogP contribution >= 0.6 is 11.6 Å². The third-order valence-corrected chi connectivity index (χ3v) is 5.42. The molecular formula is C15H15ClN4O4S. The lowest BCUT2D eigenvalue weighted by atomic mass is 10.3. The highest BCUT2D eigenvalue weighted by atomic mass is 35.5. The van der Waals surface area contributed by atoms with Gasteiger partial charge in [-0.05, 0) is 25.1 Å². The first-order chi connectivity index (χ1) is 11.8. The molecule has 0 unspecified atom stereocenters. The van der Waals surface area contributed by atoms with Crippen LogP contribution in [-0.4, -0.2) is 40.5 Å². The van der Waals surface area contributed by atoms with Gasteiger partial charge in [-0.1, -0.05) is 23.7 Å². The number of halogens is 1. The Morgan fingerprint density at radius 3 is 2.76 bits per heavy atom. The van der Waals surface area contributed by atoms with Gasteiger partial charge >= 0.3 is 5.69 Å². The molecular weight excluding hydrogens is 368 g/mol. The molecule has 0 saturated heterocycles. The summed E-state index contributed by atoms with van der Waals surface area (Å²) in [5.74, 6) is -0.309. The molecule has 0 aliphatic carbocycles. The van der Waals surface area contributed by atoms with E-state index in [0.29, 0.717) is 16.5 Å². The Labute approximate surface area is 148 Å². The normalized spacial score (nSPS) is 18.4. The van der Waals surface area contributed by atoms with Gasteiger partial charge in [-0.2, -0.15) is 9.78 Å². The van der Waals surface area contributed by atoms with E-state index in [0.717, 1.165) is 10.1 Å². The number of amides is 1. The zero-order valence-corrected chi connectivity index (χ0v) is 14.8. The lowest BCUT2D eigenvalue weighted by Crippen LogP contribution is -2.39. The Morgan fingerprint density at radius 2 is 2.12 bits per heavy atom. The van der Waals surface area contributed by atoms with Gasteiger partial charge in [-0.25, -0.2) is 13.2 Å². The largest absolute Gasteiger partial charge is 0.351 e. The molecule has 1 N–H and O–H groups in total. The molecule has 1 aliphatic heterocycles. The van der Waals surface area contributed by atoms with E-state index >= 15 is 0 Å². The third-order valence-electron chi connectivity index (χ3n) is 3.71. The summed E-state index contributed by atoms with van der Waals surface area (Å²) in [5.41, 5.74) is -0.0865. The van der Waals surface area contributed by atoms with Gasteiger partial charge in [-0.3, -0.25) is 9.36 Å². The maximum atomic E-state index is 12.5. The Morgan fingerprint density at radius 1 is 1.40 bits per heavy atom. The summed E-state index contributed by atoms with van der Waals surface area (Å²) >= 11 is 6.09. The maximum absolute atomic E-state index is 12.5. The number of carbonyl (C=O) groups excluding carboxylic acids is 1. The average Bonchev–Trinajstić information content (AvgIpc) is 3.01. The molecule has 1 amide bonds. The van der Waals surface area contributed by atoms with Crippen molar-refractivity contribution in [3.8, 4) is 5.69 Å². The minimum atomic E-state index is -3.26. The monoisotopic (exact) mass is 382 g/mol. The van der Waals surface area contributed by atoms with E-state index in [1.807, 2.05) is 0 Å². The molecule has 25 heavy (non-hydrogen) atoms. The fourth-order valence-electron chi connectivity index (χ4n) is 2.52. The zero-order chi connectivity index (χ0) is 18.2. The molecule has 8 nitrogen and oxygen atoms in total. The number of rotatable bonds is 4. The van der Waals surface area contributed by atoms with Gasteiger partial charge in [0.25, 0.3) is 0 Å². The lowest BCUT2D eigenvalue weighted by Gasteiger charge is -2.10. The van der Waals surface area contributed by atoms with E-state index in [9.17, 15) is 18.0 Å². The summed E-state index contributed by atoms with van der Waals surface area (Å²) in [4.78, 5) is 24.7. The summed E-state index contributed by atoms with van der Waals surface area (Å²) in [6.45, 7) is 1.33. The molecule has 2 heterocycles. The van der Waals surface area contributed by atoms with Crippen LogP contribution in [0.25, 0.3) is 5.69 Å². The number of hydrogen-bond donors (Lipinski definition) is 1. The van der Waals surface area contributed by atoms with E-state index in [2.05, 4.69) is 10.4 Å². The number of para-hydroxylation sites is 1. The number of hydrogen-bond acceptors (Lipinski definition) is 5. The van der Waals surface area contributed by atoms with Gasteiger partial charge in [-0.15, -0.1) is 0 Å². The summed E-state index contributed by atoms with van der Waals surface area (Å²) in [5, 5.41) is 8.15. The predicted molar refractivity (Wildman–Crippen MR) is 92.4 cm³/mol. The van der Waals surface area contributed by atoms with Crippen molar-refractivity contribution < 1.29 is 13.2 Å². The van der Waals surface area contributed by atoms with Gasteiger partial charge < -0.3 is 5.32 Å². The highest BCUT2D eigenvalue weighted by molar-refractivity contribution is 7.94. The SMILES string of the molecule is Cc1nn(-c2ccccc2Cl)c(=O)n1CC(=O)N[C@@H]1C=CS(=O)(=O)C1. The highest BCUT2D eigenvalue weighted by Gasteiger charge is 2.24. The molecule has 132 valence electrons. The smallest absolute Gasteiger partial charge is 0.347 e. The fourth-order valence-corrected chi connectivity index (χ4v) is 3.97. The number of aromatic nitrogens is 3. The van der Waals surface area contributed by atoms with Crippen molar-refractivity contribution in [2.75, 3.05) is 5.75 Å². The predicted octanol–water partition coefficient (Wildman–Crippen LogP) is 0.423. The minimum absolute atomic E-state index is 0.175. The second-order valence-electron chi connectivity index (χ2n) is 5.61. The summed E-state index contributed by atoms with van der Waals surface area (Å²) in [7, 11) is -3.26. The standard InChI is InChI=1S/C15H15ClN4O4S/c1-10-18-20(13-5-3-2-4-12(13)16)15(22)19(10)8-14(21)17-11-6-7-25(23,24)9-11/h2-7,11H,8-9H2,1H3,(H,17,21)/t11-/m1/s1. The zero-order valence-electron chi connectivity index (χ0n) is 13.2. The van der Waals surface area contributed by atoms with Crippen molar-refractivity contribution in [3.63, 3.8) is 0 Å². The number of aryl methyl sites for hydroxylation is 1. The molecule has 0 saturated carbocycles. The van der Waals surface area contributed by atoms with Gasteiger partial charge in [0.2, 0.25) is 5.91 Å². The van der Waals surface area contributed by atoms with Gasteiger partial charge in [0.1, 0.15) is 12.4 Å². The first kappa shape index (κ1) is 17.4. The highest BCUT2D eigenvalue weighted by Crippen LogP contribution is 2.17.